The van der Waals surface area contributed by atoms with E-state index in [0.29, 0.717) is 11.3 Å². The van der Waals surface area contributed by atoms with Gasteiger partial charge >= 0.3 is 5.97 Å². The van der Waals surface area contributed by atoms with Crippen LogP contribution >= 0.6 is 0 Å². The lowest BCUT2D eigenvalue weighted by Crippen LogP contribution is -2.35. The molecule has 2 N–H and O–H groups in total. The fourth-order valence-electron chi connectivity index (χ4n) is 4.62. The summed E-state index contributed by atoms with van der Waals surface area (Å²) in [6.45, 7) is 5.16. The Hall–Kier alpha value is -3.32. The number of anilines is 1. The zero-order valence-electron chi connectivity index (χ0n) is 18.6. The van der Waals surface area contributed by atoms with Gasteiger partial charge in [0.1, 0.15) is 5.75 Å². The van der Waals surface area contributed by atoms with Gasteiger partial charge in [-0.2, -0.15) is 0 Å². The highest BCUT2D eigenvalue weighted by molar-refractivity contribution is 6.12. The summed E-state index contributed by atoms with van der Waals surface area (Å²) in [6, 6.07) is 5.42. The number of amides is 1. The molecule has 2 aliphatic heterocycles. The fourth-order valence-corrected chi connectivity index (χ4v) is 4.62. The summed E-state index contributed by atoms with van der Waals surface area (Å²) < 4.78 is 5.31. The zero-order valence-corrected chi connectivity index (χ0v) is 18.6. The molecular formula is C24H28N4O3. The maximum absolute atomic E-state index is 12.8. The predicted octanol–water partition coefficient (Wildman–Crippen LogP) is 2.27. The highest BCUT2D eigenvalue weighted by atomic mass is 16.5. The van der Waals surface area contributed by atoms with Crippen LogP contribution in [0, 0.1) is 0 Å². The number of fused-ring (bicyclic) bond motifs is 4. The maximum Gasteiger partial charge on any atom is 0.308 e. The molecule has 4 rings (SSSR count). The summed E-state index contributed by atoms with van der Waals surface area (Å²) in [6.07, 6.45) is 6.14. The molecule has 3 aliphatic rings. The molecule has 1 unspecified atom stereocenters. The monoisotopic (exact) mass is 420 g/mol. The SMILES string of the molecule is CC(=O)Oc1ccc2c(c1)C1=C(C(N)=O)C3=CN(CCN(C)C)C=CC3=C(C)C1N2C. The number of benzene rings is 1. The smallest absolute Gasteiger partial charge is 0.308 e. The first kappa shape index (κ1) is 20.9. The summed E-state index contributed by atoms with van der Waals surface area (Å²) in [5.41, 5.74) is 12.2. The van der Waals surface area contributed by atoms with E-state index in [1.54, 1.807) is 6.07 Å². The van der Waals surface area contributed by atoms with Crippen molar-refractivity contribution < 1.29 is 14.3 Å². The van der Waals surface area contributed by atoms with Crippen molar-refractivity contribution in [2.75, 3.05) is 39.1 Å². The minimum Gasteiger partial charge on any atom is -0.427 e. The van der Waals surface area contributed by atoms with E-state index in [1.807, 2.05) is 39.5 Å². The number of hydrogen-bond acceptors (Lipinski definition) is 6. The minimum absolute atomic E-state index is 0.102. The van der Waals surface area contributed by atoms with Gasteiger partial charge in [-0.05, 0) is 56.4 Å². The first-order valence-corrected chi connectivity index (χ1v) is 10.3. The molecule has 0 spiro atoms. The number of carbonyl (C=O) groups excluding carboxylic acids is 2. The molecule has 1 amide bonds. The summed E-state index contributed by atoms with van der Waals surface area (Å²) >= 11 is 0. The third-order valence-corrected chi connectivity index (χ3v) is 6.00. The van der Waals surface area contributed by atoms with E-state index < -0.39 is 5.91 Å². The number of hydrogen-bond donors (Lipinski definition) is 1. The molecule has 0 saturated carbocycles. The predicted molar refractivity (Wildman–Crippen MR) is 121 cm³/mol. The van der Waals surface area contributed by atoms with Crippen molar-refractivity contribution in [1.29, 1.82) is 0 Å². The van der Waals surface area contributed by atoms with Gasteiger partial charge in [-0.25, -0.2) is 0 Å². The number of rotatable bonds is 5. The van der Waals surface area contributed by atoms with E-state index >= 15 is 0 Å². The standard InChI is InChI=1S/C24H28N4O3/c1-14-17-8-9-28(11-10-26(3)4)13-19(17)22(24(25)30)21-18-12-16(31-15(2)29)6-7-20(18)27(5)23(14)21/h6-9,12-13,23H,10-11H2,1-5H3,(H2,25,30). The van der Waals surface area contributed by atoms with Crippen molar-refractivity contribution in [3.05, 3.63) is 64.5 Å². The van der Waals surface area contributed by atoms with Gasteiger partial charge in [0.15, 0.2) is 0 Å². The number of primary amides is 1. The molecule has 1 aromatic carbocycles. The van der Waals surface area contributed by atoms with Crippen molar-refractivity contribution in [2.24, 2.45) is 5.73 Å². The van der Waals surface area contributed by atoms with Crippen LogP contribution in [0.4, 0.5) is 5.69 Å². The highest BCUT2D eigenvalue weighted by Gasteiger charge is 2.42. The van der Waals surface area contributed by atoms with Crippen molar-refractivity contribution in [1.82, 2.24) is 9.80 Å². The average molecular weight is 421 g/mol. The van der Waals surface area contributed by atoms with Crippen molar-refractivity contribution >= 4 is 23.1 Å². The number of carbonyl (C=O) groups is 2. The van der Waals surface area contributed by atoms with Gasteiger partial charge in [0, 0.05) is 61.9 Å². The quantitative estimate of drug-likeness (QED) is 0.582. The lowest BCUT2D eigenvalue weighted by Gasteiger charge is -2.34. The van der Waals surface area contributed by atoms with Crippen molar-refractivity contribution in [3.63, 3.8) is 0 Å². The van der Waals surface area contributed by atoms with E-state index in [-0.39, 0.29) is 12.0 Å². The zero-order chi connectivity index (χ0) is 22.4. The number of ether oxygens (including phenoxy) is 1. The number of nitrogens with zero attached hydrogens (tertiary/aromatic N) is 3. The van der Waals surface area contributed by atoms with Crippen LogP contribution in [0.15, 0.2) is 59.0 Å². The first-order valence-electron chi connectivity index (χ1n) is 10.3. The van der Waals surface area contributed by atoms with Crippen LogP contribution in [0.5, 0.6) is 5.75 Å². The first-order chi connectivity index (χ1) is 14.7. The lowest BCUT2D eigenvalue weighted by atomic mass is 9.77. The van der Waals surface area contributed by atoms with E-state index in [2.05, 4.69) is 33.9 Å². The van der Waals surface area contributed by atoms with Crippen LogP contribution in [0.2, 0.25) is 0 Å². The Morgan fingerprint density at radius 3 is 2.65 bits per heavy atom. The van der Waals surface area contributed by atoms with E-state index in [1.165, 1.54) is 6.92 Å². The number of allylic oxidation sites excluding steroid dienone is 2. The Morgan fingerprint density at radius 1 is 1.26 bits per heavy atom. The Bertz CT molecular complexity index is 1090. The fraction of sp³-hybridized carbons (Fsp3) is 0.333. The summed E-state index contributed by atoms with van der Waals surface area (Å²) in [7, 11) is 6.07. The van der Waals surface area contributed by atoms with Gasteiger partial charge < -0.3 is 25.2 Å². The number of likely N-dealkylation sites (N-methyl/N-ethyl adjacent to an activating group) is 2. The lowest BCUT2D eigenvalue weighted by molar-refractivity contribution is -0.131. The molecule has 1 aliphatic carbocycles. The molecule has 1 atom stereocenters. The van der Waals surface area contributed by atoms with Crippen LogP contribution in [-0.2, 0) is 9.59 Å². The Labute approximate surface area is 182 Å². The van der Waals surface area contributed by atoms with Gasteiger partial charge in [-0.3, -0.25) is 9.59 Å². The number of nitrogens with two attached hydrogens (primary N) is 1. The van der Waals surface area contributed by atoms with Crippen LogP contribution in [-0.4, -0.2) is 62.0 Å². The van der Waals surface area contributed by atoms with Crippen LogP contribution < -0.4 is 15.4 Å². The van der Waals surface area contributed by atoms with E-state index in [4.69, 9.17) is 10.5 Å². The molecule has 162 valence electrons. The minimum atomic E-state index is -0.460. The molecule has 7 nitrogen and oxygen atoms in total. The van der Waals surface area contributed by atoms with Crippen LogP contribution in [0.1, 0.15) is 19.4 Å². The van der Waals surface area contributed by atoms with Crippen LogP contribution in [0.3, 0.4) is 0 Å². The number of esters is 1. The van der Waals surface area contributed by atoms with E-state index in [0.717, 1.165) is 46.6 Å². The van der Waals surface area contributed by atoms with Crippen molar-refractivity contribution in [2.45, 2.75) is 19.9 Å². The van der Waals surface area contributed by atoms with Crippen LogP contribution in [0.25, 0.3) is 5.57 Å². The molecule has 0 saturated heterocycles. The molecule has 0 aromatic heterocycles. The van der Waals surface area contributed by atoms with Gasteiger partial charge in [-0.1, -0.05) is 0 Å². The maximum atomic E-state index is 12.8. The average Bonchev–Trinajstić information content (AvgIpc) is 2.98. The normalized spacial score (nSPS) is 19.4. The van der Waals surface area contributed by atoms with Gasteiger partial charge in [0.25, 0.3) is 0 Å². The highest BCUT2D eigenvalue weighted by Crippen LogP contribution is 2.51. The molecule has 7 heteroatoms. The molecular weight excluding hydrogens is 392 g/mol. The van der Waals surface area contributed by atoms with E-state index in [9.17, 15) is 9.59 Å². The second-order valence-corrected chi connectivity index (χ2v) is 8.44. The van der Waals surface area contributed by atoms with Gasteiger partial charge in [0.05, 0.1) is 11.6 Å². The molecule has 0 radical (unpaired) electrons. The third kappa shape index (κ3) is 3.55. The van der Waals surface area contributed by atoms with Crippen molar-refractivity contribution in [3.8, 4) is 5.75 Å². The largest absolute Gasteiger partial charge is 0.427 e. The molecule has 1 aromatic rings. The summed E-state index contributed by atoms with van der Waals surface area (Å²) in [4.78, 5) is 30.6. The summed E-state index contributed by atoms with van der Waals surface area (Å²) in [5.74, 6) is -0.391. The van der Waals surface area contributed by atoms with Gasteiger partial charge in [0.2, 0.25) is 5.91 Å². The second kappa shape index (κ2) is 7.74. The third-order valence-electron chi connectivity index (χ3n) is 6.00. The molecule has 0 bridgehead atoms. The Morgan fingerprint density at radius 2 is 2.00 bits per heavy atom. The topological polar surface area (TPSA) is 79.1 Å². The van der Waals surface area contributed by atoms with Gasteiger partial charge in [-0.15, -0.1) is 0 Å². The molecule has 2 heterocycles. The Kier molecular flexibility index (Phi) is 5.23. The second-order valence-electron chi connectivity index (χ2n) is 8.44. The molecule has 0 fully saturated rings. The molecule has 31 heavy (non-hydrogen) atoms. The Balaban J connectivity index is 1.88. The summed E-state index contributed by atoms with van der Waals surface area (Å²) in [5, 5.41) is 0.